The van der Waals surface area contributed by atoms with Crippen molar-refractivity contribution in [3.8, 4) is 29.3 Å². The molecule has 4 rings (SSSR count). The van der Waals surface area contributed by atoms with Crippen molar-refractivity contribution in [1.29, 1.82) is 5.26 Å². The molecule has 0 spiro atoms. The number of aliphatic carboxylic acids is 1. The van der Waals surface area contributed by atoms with Gasteiger partial charge in [0.15, 0.2) is 0 Å². The number of benzene rings is 2. The summed E-state index contributed by atoms with van der Waals surface area (Å²) < 4.78 is 15.4. The number of hydrogen-bond donors (Lipinski definition) is 1. The van der Waals surface area contributed by atoms with Crippen molar-refractivity contribution in [3.63, 3.8) is 0 Å². The van der Waals surface area contributed by atoms with Crippen LogP contribution in [0.3, 0.4) is 0 Å². The monoisotopic (exact) mass is 693 g/mol. The first-order valence-corrected chi connectivity index (χ1v) is 15.9. The van der Waals surface area contributed by atoms with Crippen molar-refractivity contribution >= 4 is 52.4 Å². The number of carbonyl (C=O) groups is 1. The van der Waals surface area contributed by atoms with Crippen LogP contribution in [-0.4, -0.2) is 30.6 Å². The van der Waals surface area contributed by atoms with E-state index in [1.807, 2.05) is 41.5 Å². The summed E-state index contributed by atoms with van der Waals surface area (Å²) in [4.78, 5) is 11.0. The summed E-state index contributed by atoms with van der Waals surface area (Å²) in [6.07, 6.45) is 1.46. The Kier molecular flexibility index (Phi) is 13.0. The Balaban J connectivity index is 0.000000246. The molecule has 0 radical (unpaired) electrons. The number of carboxylic acids is 1. The van der Waals surface area contributed by atoms with Crippen LogP contribution in [0.4, 0.5) is 0 Å². The van der Waals surface area contributed by atoms with E-state index < -0.39 is 5.97 Å². The Morgan fingerprint density at radius 3 is 1.49 bits per heavy atom. The second kappa shape index (κ2) is 16.2. The molecule has 13 heteroatoms. The van der Waals surface area contributed by atoms with Gasteiger partial charge in [-0.1, -0.05) is 60.3 Å². The highest BCUT2D eigenvalue weighted by Crippen LogP contribution is 2.35. The molecule has 0 atom stereocenters. The van der Waals surface area contributed by atoms with Gasteiger partial charge in [0, 0.05) is 31.2 Å². The number of carboxylic acid groups (broad SMARTS) is 1. The van der Waals surface area contributed by atoms with Gasteiger partial charge in [-0.3, -0.25) is 4.79 Å². The fraction of sp³-hybridized carbons (Fsp3) is 0.375. The predicted molar refractivity (Wildman–Crippen MR) is 178 cm³/mol. The summed E-state index contributed by atoms with van der Waals surface area (Å²) in [6, 6.07) is 12.3. The minimum absolute atomic E-state index is 0.0208. The lowest BCUT2D eigenvalue weighted by Gasteiger charge is -2.13. The van der Waals surface area contributed by atoms with Gasteiger partial charge in [-0.05, 0) is 76.9 Å². The zero-order chi connectivity index (χ0) is 33.4. The van der Waals surface area contributed by atoms with E-state index in [-0.39, 0.29) is 24.9 Å². The number of ether oxygens (including phenoxy) is 2. The van der Waals surface area contributed by atoms with Crippen molar-refractivity contribution in [2.75, 3.05) is 0 Å². The summed E-state index contributed by atoms with van der Waals surface area (Å²) >= 11 is 24.0. The van der Waals surface area contributed by atoms with Crippen LogP contribution in [0.25, 0.3) is 0 Å². The van der Waals surface area contributed by atoms with Crippen LogP contribution in [0.1, 0.15) is 76.1 Å². The maximum Gasteiger partial charge on any atom is 0.309 e. The predicted octanol–water partition coefficient (Wildman–Crippen LogP) is 9.94. The van der Waals surface area contributed by atoms with Crippen LogP contribution in [0.15, 0.2) is 36.4 Å². The highest BCUT2D eigenvalue weighted by atomic mass is 35.5. The Hall–Kier alpha value is -3.42. The molecule has 2 heterocycles. The molecule has 2 aromatic carbocycles. The van der Waals surface area contributed by atoms with Crippen LogP contribution in [-0.2, 0) is 30.5 Å². The van der Waals surface area contributed by atoms with Gasteiger partial charge in [0.2, 0.25) is 11.8 Å². The Morgan fingerprint density at radius 1 is 0.778 bits per heavy atom. The minimum atomic E-state index is -0.926. The first kappa shape index (κ1) is 36.1. The molecule has 0 saturated carbocycles. The Morgan fingerprint density at radius 2 is 1.16 bits per heavy atom. The van der Waals surface area contributed by atoms with Gasteiger partial charge in [-0.15, -0.1) is 0 Å². The summed E-state index contributed by atoms with van der Waals surface area (Å²) in [5.41, 5.74) is 2.97. The second-order valence-electron chi connectivity index (χ2n) is 10.6. The molecule has 0 aliphatic rings. The maximum atomic E-state index is 11.0. The molecule has 0 unspecified atom stereocenters. The van der Waals surface area contributed by atoms with Crippen LogP contribution in [0, 0.1) is 11.3 Å². The summed E-state index contributed by atoms with van der Waals surface area (Å²) in [6.45, 7) is 11.9. The van der Waals surface area contributed by atoms with Crippen molar-refractivity contribution in [3.05, 3.63) is 79.0 Å². The van der Waals surface area contributed by atoms with E-state index in [0.717, 1.165) is 23.2 Å². The molecule has 1 N–H and O–H groups in total. The maximum absolute atomic E-state index is 11.0. The van der Waals surface area contributed by atoms with Gasteiger partial charge in [-0.2, -0.15) is 15.5 Å². The molecule has 45 heavy (non-hydrogen) atoms. The first-order chi connectivity index (χ1) is 21.3. The molecule has 0 fully saturated rings. The molecule has 0 saturated heterocycles. The fourth-order valence-corrected chi connectivity index (χ4v) is 5.53. The van der Waals surface area contributed by atoms with E-state index in [1.165, 1.54) is 0 Å². The third-order valence-corrected chi connectivity index (χ3v) is 7.31. The number of hydrogen-bond acceptors (Lipinski definition) is 6. The molecule has 0 bridgehead atoms. The van der Waals surface area contributed by atoms with E-state index in [0.29, 0.717) is 55.5 Å². The number of halogens is 4. The Bertz CT molecular complexity index is 1650. The van der Waals surface area contributed by atoms with Gasteiger partial charge in [0.25, 0.3) is 0 Å². The van der Waals surface area contributed by atoms with E-state index in [1.54, 1.807) is 45.8 Å². The molecule has 240 valence electrons. The average molecular weight is 695 g/mol. The molecule has 0 aliphatic carbocycles. The molecular formula is C32H35Cl4N5O4. The van der Waals surface area contributed by atoms with E-state index >= 15 is 0 Å². The normalized spacial score (nSPS) is 10.9. The summed E-state index contributed by atoms with van der Waals surface area (Å²) in [5, 5.41) is 28.9. The van der Waals surface area contributed by atoms with E-state index in [4.69, 9.17) is 66.2 Å². The molecule has 0 aliphatic heterocycles. The van der Waals surface area contributed by atoms with E-state index in [9.17, 15) is 4.79 Å². The quantitative estimate of drug-likeness (QED) is 0.166. The van der Waals surface area contributed by atoms with Gasteiger partial charge in [0.1, 0.15) is 11.5 Å². The standard InChI is InChI=1S/C16H17Cl2N3O.C16H18Cl2N2O3/c1-4-14-15(5-6-19)20-21(10(2)3)16(14)22-13-8-11(17)7-12(18)9-13;1-4-13-14(8-15(21)22)19-20(9(2)3)16(13)23-12-6-10(17)5-11(18)7-12/h7-10H,4-5H2,1-3H3;5-7,9H,4,8H2,1-3H3,(H,21,22). The molecule has 2 aromatic heterocycles. The number of nitriles is 1. The topological polar surface area (TPSA) is 115 Å². The lowest BCUT2D eigenvalue weighted by molar-refractivity contribution is -0.136. The highest BCUT2D eigenvalue weighted by molar-refractivity contribution is 6.35. The van der Waals surface area contributed by atoms with Crippen molar-refractivity contribution in [2.45, 2.75) is 79.3 Å². The lowest BCUT2D eigenvalue weighted by Crippen LogP contribution is -2.06. The number of nitrogens with zero attached hydrogens (tertiary/aromatic N) is 5. The largest absolute Gasteiger partial charge is 0.481 e. The lowest BCUT2D eigenvalue weighted by atomic mass is 10.1. The first-order valence-electron chi connectivity index (χ1n) is 14.3. The average Bonchev–Trinajstić information content (AvgIpc) is 3.44. The molecule has 9 nitrogen and oxygen atoms in total. The van der Waals surface area contributed by atoms with Crippen LogP contribution >= 0.6 is 46.4 Å². The third kappa shape index (κ3) is 9.54. The summed E-state index contributed by atoms with van der Waals surface area (Å²) in [7, 11) is 0. The molecule has 4 aromatic rings. The highest BCUT2D eigenvalue weighted by Gasteiger charge is 2.23. The number of rotatable bonds is 11. The van der Waals surface area contributed by atoms with Crippen LogP contribution in [0.5, 0.6) is 23.3 Å². The van der Waals surface area contributed by atoms with Crippen LogP contribution < -0.4 is 9.47 Å². The minimum Gasteiger partial charge on any atom is -0.481 e. The fourth-order valence-electron chi connectivity index (χ4n) is 4.52. The summed E-state index contributed by atoms with van der Waals surface area (Å²) in [5.74, 6) is 1.28. The zero-order valence-electron chi connectivity index (χ0n) is 25.9. The smallest absolute Gasteiger partial charge is 0.309 e. The second-order valence-corrected chi connectivity index (χ2v) is 12.3. The van der Waals surface area contributed by atoms with Gasteiger partial charge < -0.3 is 14.6 Å². The van der Waals surface area contributed by atoms with Crippen LogP contribution in [0.2, 0.25) is 20.1 Å². The van der Waals surface area contributed by atoms with Crippen molar-refractivity contribution < 1.29 is 19.4 Å². The Labute approximate surface area is 283 Å². The van der Waals surface area contributed by atoms with E-state index in [2.05, 4.69) is 16.3 Å². The van der Waals surface area contributed by atoms with Gasteiger partial charge in [-0.25, -0.2) is 9.36 Å². The zero-order valence-corrected chi connectivity index (χ0v) is 28.9. The third-order valence-electron chi connectivity index (χ3n) is 6.44. The SMILES string of the molecule is CCc1c(CC#N)nn(C(C)C)c1Oc1cc(Cl)cc(Cl)c1.CCc1c(CC(=O)O)nn(C(C)C)c1Oc1cc(Cl)cc(Cl)c1. The van der Waals surface area contributed by atoms with Gasteiger partial charge in [0.05, 0.1) is 42.4 Å². The number of aromatic nitrogens is 4. The molecule has 0 amide bonds. The molecular weight excluding hydrogens is 660 g/mol. The van der Waals surface area contributed by atoms with Crippen molar-refractivity contribution in [1.82, 2.24) is 19.6 Å². The van der Waals surface area contributed by atoms with Gasteiger partial charge >= 0.3 is 5.97 Å². The van der Waals surface area contributed by atoms with Crippen molar-refractivity contribution in [2.24, 2.45) is 0 Å².